The minimum atomic E-state index is 0.318. The van der Waals surface area contributed by atoms with Crippen molar-refractivity contribution in [3.8, 4) is 0 Å². The van der Waals surface area contributed by atoms with E-state index in [0.29, 0.717) is 24.4 Å². The lowest BCUT2D eigenvalue weighted by atomic mass is 9.83. The molecule has 0 aromatic carbocycles. The summed E-state index contributed by atoms with van der Waals surface area (Å²) in [6.07, 6.45) is 8.58. The van der Waals surface area contributed by atoms with Gasteiger partial charge in [-0.25, -0.2) is 0 Å². The van der Waals surface area contributed by atoms with E-state index < -0.39 is 0 Å². The van der Waals surface area contributed by atoms with Gasteiger partial charge in [0.1, 0.15) is 0 Å². The fourth-order valence-electron chi connectivity index (χ4n) is 3.02. The van der Waals surface area contributed by atoms with Crippen LogP contribution in [-0.2, 0) is 4.79 Å². The van der Waals surface area contributed by atoms with Crippen LogP contribution in [0.15, 0.2) is 0 Å². The van der Waals surface area contributed by atoms with Gasteiger partial charge >= 0.3 is 0 Å². The minimum Gasteiger partial charge on any atom is -0.343 e. The van der Waals surface area contributed by atoms with Crippen LogP contribution in [0.2, 0.25) is 0 Å². The van der Waals surface area contributed by atoms with Gasteiger partial charge in [-0.2, -0.15) is 0 Å². The number of hydrogen-bond donors (Lipinski definition) is 1. The van der Waals surface area contributed by atoms with E-state index in [1.165, 1.54) is 12.8 Å². The first-order chi connectivity index (χ1) is 8.58. The monoisotopic (exact) mass is 254 g/mol. The molecule has 0 aromatic heterocycles. The van der Waals surface area contributed by atoms with Crippen molar-refractivity contribution >= 4 is 5.91 Å². The first-order valence-electron chi connectivity index (χ1n) is 7.59. The maximum Gasteiger partial charge on any atom is 0.222 e. The molecule has 1 amide bonds. The van der Waals surface area contributed by atoms with E-state index in [0.717, 1.165) is 38.0 Å². The van der Waals surface area contributed by atoms with E-state index >= 15 is 0 Å². The Hall–Kier alpha value is -0.570. The highest BCUT2D eigenvalue weighted by atomic mass is 16.2. The van der Waals surface area contributed by atoms with Crippen LogP contribution in [0.25, 0.3) is 0 Å². The van der Waals surface area contributed by atoms with Gasteiger partial charge in [0.2, 0.25) is 5.91 Å². The average molecular weight is 254 g/mol. The summed E-state index contributed by atoms with van der Waals surface area (Å²) in [6.45, 7) is 4.31. The Kier molecular flexibility index (Phi) is 6.69. The molecule has 1 aliphatic rings. The zero-order valence-corrected chi connectivity index (χ0v) is 12.3. The summed E-state index contributed by atoms with van der Waals surface area (Å²) in [5.41, 5.74) is 5.90. The number of nitrogens with zero attached hydrogens (tertiary/aromatic N) is 1. The molecule has 18 heavy (non-hydrogen) atoms. The highest BCUT2D eigenvalue weighted by Crippen LogP contribution is 2.27. The van der Waals surface area contributed by atoms with Crippen molar-refractivity contribution in [1.82, 2.24) is 4.90 Å². The Morgan fingerprint density at radius 3 is 2.28 bits per heavy atom. The summed E-state index contributed by atoms with van der Waals surface area (Å²) in [5.74, 6) is 1.04. The molecule has 0 aromatic rings. The fourth-order valence-corrected chi connectivity index (χ4v) is 3.02. The normalized spacial score (nSPS) is 24.3. The molecule has 106 valence electrons. The van der Waals surface area contributed by atoms with Gasteiger partial charge in [-0.15, -0.1) is 0 Å². The highest BCUT2D eigenvalue weighted by molar-refractivity contribution is 5.76. The maximum atomic E-state index is 12.1. The fraction of sp³-hybridized carbons (Fsp3) is 0.933. The van der Waals surface area contributed by atoms with Crippen LogP contribution in [0.1, 0.15) is 65.2 Å². The number of nitrogens with two attached hydrogens (primary N) is 1. The summed E-state index contributed by atoms with van der Waals surface area (Å²) < 4.78 is 0. The molecule has 1 fully saturated rings. The molecule has 0 spiro atoms. The molecule has 0 unspecified atom stereocenters. The third kappa shape index (κ3) is 4.60. The van der Waals surface area contributed by atoms with Crippen molar-refractivity contribution in [3.05, 3.63) is 0 Å². The quantitative estimate of drug-likeness (QED) is 0.792. The van der Waals surface area contributed by atoms with Crippen molar-refractivity contribution < 1.29 is 4.79 Å². The predicted octanol–water partition coefficient (Wildman–Crippen LogP) is 2.93. The van der Waals surface area contributed by atoms with Crippen molar-refractivity contribution in [2.75, 3.05) is 7.05 Å². The summed E-state index contributed by atoms with van der Waals surface area (Å²) in [7, 11) is 1.96. The minimum absolute atomic E-state index is 0.318. The lowest BCUT2D eigenvalue weighted by Gasteiger charge is -2.29. The topological polar surface area (TPSA) is 46.3 Å². The van der Waals surface area contributed by atoms with Crippen molar-refractivity contribution in [1.29, 1.82) is 0 Å². The molecule has 0 atom stereocenters. The molecule has 0 radical (unpaired) electrons. The third-order valence-electron chi connectivity index (χ3n) is 4.54. The Morgan fingerprint density at radius 2 is 1.78 bits per heavy atom. The molecular weight excluding hydrogens is 224 g/mol. The smallest absolute Gasteiger partial charge is 0.222 e. The van der Waals surface area contributed by atoms with E-state index in [1.807, 2.05) is 11.9 Å². The second-order valence-electron chi connectivity index (χ2n) is 5.79. The maximum absolute atomic E-state index is 12.1. The van der Waals surface area contributed by atoms with E-state index in [2.05, 4.69) is 13.8 Å². The SMILES string of the molecule is CCC(CC)N(C)C(=O)CCC1CCC(N)CC1. The predicted molar refractivity (Wildman–Crippen MR) is 76.3 cm³/mol. The van der Waals surface area contributed by atoms with E-state index in [4.69, 9.17) is 5.73 Å². The number of carbonyl (C=O) groups excluding carboxylic acids is 1. The van der Waals surface area contributed by atoms with Gasteiger partial charge in [0.25, 0.3) is 0 Å². The molecule has 0 aliphatic heterocycles. The second-order valence-corrected chi connectivity index (χ2v) is 5.79. The van der Waals surface area contributed by atoms with Crippen molar-refractivity contribution in [2.24, 2.45) is 11.7 Å². The lowest BCUT2D eigenvalue weighted by molar-refractivity contribution is -0.132. The number of hydrogen-bond acceptors (Lipinski definition) is 2. The van der Waals surface area contributed by atoms with E-state index in [1.54, 1.807) is 0 Å². The Labute approximate surface area is 112 Å². The van der Waals surface area contributed by atoms with Crippen LogP contribution in [0, 0.1) is 5.92 Å². The first-order valence-corrected chi connectivity index (χ1v) is 7.59. The Balaban J connectivity index is 2.27. The Bertz CT molecular complexity index is 243. The van der Waals surface area contributed by atoms with E-state index in [9.17, 15) is 4.79 Å². The Morgan fingerprint density at radius 1 is 1.22 bits per heavy atom. The summed E-state index contributed by atoms with van der Waals surface area (Å²) in [5, 5.41) is 0. The molecular formula is C15H30N2O. The van der Waals surface area contributed by atoms with Gasteiger partial charge in [0.05, 0.1) is 0 Å². The zero-order chi connectivity index (χ0) is 13.5. The van der Waals surface area contributed by atoms with Crippen LogP contribution in [0.5, 0.6) is 0 Å². The van der Waals surface area contributed by atoms with Crippen LogP contribution in [0.3, 0.4) is 0 Å². The number of rotatable bonds is 6. The molecule has 2 N–H and O–H groups in total. The molecule has 0 saturated heterocycles. The molecule has 1 aliphatic carbocycles. The largest absolute Gasteiger partial charge is 0.343 e. The highest BCUT2D eigenvalue weighted by Gasteiger charge is 2.21. The van der Waals surface area contributed by atoms with Gasteiger partial charge in [0, 0.05) is 25.6 Å². The standard InChI is InChI=1S/C15H30N2O/c1-4-14(5-2)17(3)15(18)11-8-12-6-9-13(16)10-7-12/h12-14H,4-11,16H2,1-3H3. The van der Waals surface area contributed by atoms with Gasteiger partial charge in [0.15, 0.2) is 0 Å². The molecule has 3 nitrogen and oxygen atoms in total. The average Bonchev–Trinajstić information content (AvgIpc) is 2.39. The van der Waals surface area contributed by atoms with Crippen LogP contribution < -0.4 is 5.73 Å². The van der Waals surface area contributed by atoms with Gasteiger partial charge in [-0.1, -0.05) is 13.8 Å². The third-order valence-corrected chi connectivity index (χ3v) is 4.54. The molecule has 1 saturated carbocycles. The van der Waals surface area contributed by atoms with Gasteiger partial charge in [-0.05, 0) is 50.9 Å². The van der Waals surface area contributed by atoms with Gasteiger partial charge < -0.3 is 10.6 Å². The second kappa shape index (κ2) is 7.78. The van der Waals surface area contributed by atoms with Crippen LogP contribution >= 0.6 is 0 Å². The summed E-state index contributed by atoms with van der Waals surface area (Å²) in [6, 6.07) is 0.821. The van der Waals surface area contributed by atoms with Crippen LogP contribution in [0.4, 0.5) is 0 Å². The van der Waals surface area contributed by atoms with E-state index in [-0.39, 0.29) is 0 Å². The molecule has 1 rings (SSSR count). The molecule has 0 bridgehead atoms. The first kappa shape index (κ1) is 15.5. The van der Waals surface area contributed by atoms with Crippen LogP contribution in [-0.4, -0.2) is 29.9 Å². The van der Waals surface area contributed by atoms with Gasteiger partial charge in [-0.3, -0.25) is 4.79 Å². The van der Waals surface area contributed by atoms with Crippen molar-refractivity contribution in [3.63, 3.8) is 0 Å². The zero-order valence-electron chi connectivity index (χ0n) is 12.3. The molecule has 3 heteroatoms. The number of carbonyl (C=O) groups is 1. The van der Waals surface area contributed by atoms with Crippen molar-refractivity contribution in [2.45, 2.75) is 77.3 Å². The summed E-state index contributed by atoms with van der Waals surface area (Å²) >= 11 is 0. The number of amides is 1. The molecule has 0 heterocycles. The summed E-state index contributed by atoms with van der Waals surface area (Å²) in [4.78, 5) is 14.1. The lowest BCUT2D eigenvalue weighted by Crippen LogP contribution is -2.36.